The first-order valence-corrected chi connectivity index (χ1v) is 7.63. The van der Waals surface area contributed by atoms with Crippen LogP contribution in [0.3, 0.4) is 0 Å². The number of benzene rings is 1. The lowest BCUT2D eigenvalue weighted by atomic mass is 9.87. The monoisotopic (exact) mass is 274 g/mol. The molecule has 0 bridgehead atoms. The number of fused-ring (bicyclic) bond motifs is 1. The second-order valence-corrected chi connectivity index (χ2v) is 6.08. The molecule has 3 heteroatoms. The van der Waals surface area contributed by atoms with Gasteiger partial charge in [0.2, 0.25) is 0 Å². The molecule has 2 atom stereocenters. The van der Waals surface area contributed by atoms with Gasteiger partial charge in [0.15, 0.2) is 0 Å². The molecule has 2 aromatic rings. The minimum atomic E-state index is -0.269. The number of ether oxygens (including phenoxy) is 1. The van der Waals surface area contributed by atoms with E-state index in [4.69, 9.17) is 4.74 Å². The fourth-order valence-corrected chi connectivity index (χ4v) is 3.51. The fraction of sp³-hybridized carbons (Fsp3) is 0.375. The Labute approximate surface area is 117 Å². The van der Waals surface area contributed by atoms with Crippen LogP contribution in [0.5, 0.6) is 5.75 Å². The molecule has 0 saturated carbocycles. The number of thiophene rings is 1. The van der Waals surface area contributed by atoms with Gasteiger partial charge in [-0.05, 0) is 41.8 Å². The minimum Gasteiger partial charge on any atom is -0.493 e. The van der Waals surface area contributed by atoms with Crippen molar-refractivity contribution in [3.8, 4) is 5.75 Å². The van der Waals surface area contributed by atoms with Gasteiger partial charge in [-0.15, -0.1) is 11.3 Å². The minimum absolute atomic E-state index is 0.269. The number of aliphatic hydroxyl groups excluding tert-OH is 1. The highest BCUT2D eigenvalue weighted by Crippen LogP contribution is 2.36. The van der Waals surface area contributed by atoms with Gasteiger partial charge in [-0.3, -0.25) is 0 Å². The molecule has 0 spiro atoms. The van der Waals surface area contributed by atoms with E-state index < -0.39 is 0 Å². The molecule has 1 aliphatic heterocycles. The van der Waals surface area contributed by atoms with Crippen molar-refractivity contribution in [2.24, 2.45) is 0 Å². The third-order valence-corrected chi connectivity index (χ3v) is 4.55. The van der Waals surface area contributed by atoms with E-state index in [9.17, 15) is 5.11 Å². The summed E-state index contributed by atoms with van der Waals surface area (Å²) in [4.78, 5) is 1.26. The van der Waals surface area contributed by atoms with Crippen molar-refractivity contribution >= 4 is 11.3 Å². The van der Waals surface area contributed by atoms with Gasteiger partial charge in [-0.2, -0.15) is 0 Å². The zero-order valence-corrected chi connectivity index (χ0v) is 11.6. The Morgan fingerprint density at radius 2 is 2.16 bits per heavy atom. The van der Waals surface area contributed by atoms with E-state index in [2.05, 4.69) is 17.5 Å². The molecule has 1 aromatic heterocycles. The molecule has 0 amide bonds. The van der Waals surface area contributed by atoms with Crippen LogP contribution in [0, 0.1) is 0 Å². The molecule has 0 aliphatic carbocycles. The van der Waals surface area contributed by atoms with E-state index in [0.717, 1.165) is 31.6 Å². The summed E-state index contributed by atoms with van der Waals surface area (Å²) >= 11 is 1.71. The second-order valence-electron chi connectivity index (χ2n) is 5.04. The van der Waals surface area contributed by atoms with Crippen LogP contribution in [0.15, 0.2) is 41.8 Å². The third kappa shape index (κ3) is 2.99. The molecule has 1 aromatic carbocycles. The van der Waals surface area contributed by atoms with Crippen molar-refractivity contribution in [1.82, 2.24) is 0 Å². The molecular formula is C16H18O2S. The highest BCUT2D eigenvalue weighted by Gasteiger charge is 2.23. The Kier molecular flexibility index (Phi) is 3.85. The molecule has 100 valence electrons. The topological polar surface area (TPSA) is 29.5 Å². The molecular weight excluding hydrogens is 256 g/mol. The normalized spacial score (nSPS) is 19.5. The molecule has 3 rings (SSSR count). The summed E-state index contributed by atoms with van der Waals surface area (Å²) in [7, 11) is 0. The van der Waals surface area contributed by atoms with Crippen molar-refractivity contribution in [1.29, 1.82) is 0 Å². The predicted molar refractivity (Wildman–Crippen MR) is 77.9 cm³/mol. The number of rotatable bonds is 4. The number of hydrogen-bond donors (Lipinski definition) is 1. The first-order chi connectivity index (χ1) is 9.33. The van der Waals surface area contributed by atoms with Gasteiger partial charge in [-0.1, -0.05) is 24.3 Å². The van der Waals surface area contributed by atoms with E-state index in [-0.39, 0.29) is 6.10 Å². The summed E-state index contributed by atoms with van der Waals surface area (Å²) < 4.78 is 5.66. The molecule has 0 saturated heterocycles. The average molecular weight is 274 g/mol. The van der Waals surface area contributed by atoms with E-state index in [1.165, 1.54) is 10.4 Å². The molecule has 0 fully saturated rings. The highest BCUT2D eigenvalue weighted by atomic mass is 32.1. The van der Waals surface area contributed by atoms with Crippen molar-refractivity contribution < 1.29 is 9.84 Å². The quantitative estimate of drug-likeness (QED) is 0.923. The molecule has 0 radical (unpaired) electrons. The molecule has 19 heavy (non-hydrogen) atoms. The van der Waals surface area contributed by atoms with Gasteiger partial charge in [0.1, 0.15) is 5.75 Å². The molecule has 2 unspecified atom stereocenters. The summed E-state index contributed by atoms with van der Waals surface area (Å²) in [5, 5.41) is 12.3. The largest absolute Gasteiger partial charge is 0.493 e. The number of aliphatic hydroxyl groups is 1. The maximum absolute atomic E-state index is 10.3. The second kappa shape index (κ2) is 5.76. The van der Waals surface area contributed by atoms with Crippen molar-refractivity contribution in [2.75, 3.05) is 6.61 Å². The lowest BCUT2D eigenvalue weighted by molar-refractivity contribution is 0.144. The molecule has 1 aliphatic rings. The summed E-state index contributed by atoms with van der Waals surface area (Å²) in [6.45, 7) is 0.757. The van der Waals surface area contributed by atoms with Gasteiger partial charge in [0.05, 0.1) is 12.7 Å². The van der Waals surface area contributed by atoms with Crippen LogP contribution in [0.4, 0.5) is 0 Å². The average Bonchev–Trinajstić information content (AvgIpc) is 2.92. The van der Waals surface area contributed by atoms with Crippen LogP contribution in [0.25, 0.3) is 0 Å². The molecule has 2 heterocycles. The van der Waals surface area contributed by atoms with E-state index in [0.29, 0.717) is 5.92 Å². The molecule has 2 nitrogen and oxygen atoms in total. The highest BCUT2D eigenvalue weighted by molar-refractivity contribution is 7.09. The van der Waals surface area contributed by atoms with Crippen molar-refractivity contribution in [3.63, 3.8) is 0 Å². The third-order valence-electron chi connectivity index (χ3n) is 3.66. The summed E-state index contributed by atoms with van der Waals surface area (Å²) in [6.07, 6.45) is 2.31. The lowest BCUT2D eigenvalue weighted by Crippen LogP contribution is -2.20. The van der Waals surface area contributed by atoms with Crippen LogP contribution < -0.4 is 4.74 Å². The first-order valence-electron chi connectivity index (χ1n) is 6.75. The van der Waals surface area contributed by atoms with Crippen LogP contribution in [0.1, 0.15) is 29.2 Å². The summed E-state index contributed by atoms with van der Waals surface area (Å²) in [6, 6.07) is 12.3. The Hall–Kier alpha value is -1.32. The van der Waals surface area contributed by atoms with Gasteiger partial charge in [0, 0.05) is 11.3 Å². The smallest absolute Gasteiger partial charge is 0.122 e. The standard InChI is InChI=1S/C16H18O2S/c17-13(11-14-4-3-9-19-14)10-12-7-8-18-16-6-2-1-5-15(12)16/h1-6,9,12-13,17H,7-8,10-11H2. The van der Waals surface area contributed by atoms with E-state index in [1.54, 1.807) is 11.3 Å². The lowest BCUT2D eigenvalue weighted by Gasteiger charge is -2.27. The van der Waals surface area contributed by atoms with E-state index >= 15 is 0 Å². The Morgan fingerprint density at radius 3 is 3.00 bits per heavy atom. The fourth-order valence-electron chi connectivity index (χ4n) is 2.73. The van der Waals surface area contributed by atoms with Crippen molar-refractivity contribution in [2.45, 2.75) is 31.3 Å². The van der Waals surface area contributed by atoms with Crippen molar-refractivity contribution in [3.05, 3.63) is 52.2 Å². The summed E-state index contributed by atoms with van der Waals surface area (Å²) in [5.41, 5.74) is 1.25. The van der Waals surface area contributed by atoms with Gasteiger partial charge in [0.25, 0.3) is 0 Å². The SMILES string of the molecule is OC(Cc1cccs1)CC1CCOc2ccccc21. The Bertz CT molecular complexity index is 521. The van der Waals surface area contributed by atoms with E-state index in [1.807, 2.05) is 24.3 Å². The zero-order valence-electron chi connectivity index (χ0n) is 10.8. The van der Waals surface area contributed by atoms with Gasteiger partial charge < -0.3 is 9.84 Å². The van der Waals surface area contributed by atoms with Crippen LogP contribution >= 0.6 is 11.3 Å². The number of hydrogen-bond acceptors (Lipinski definition) is 3. The number of para-hydroxylation sites is 1. The van der Waals surface area contributed by atoms with Crippen LogP contribution in [0.2, 0.25) is 0 Å². The van der Waals surface area contributed by atoms with Gasteiger partial charge in [-0.25, -0.2) is 0 Å². The maximum Gasteiger partial charge on any atom is 0.122 e. The van der Waals surface area contributed by atoms with Gasteiger partial charge >= 0.3 is 0 Å². The van der Waals surface area contributed by atoms with Crippen LogP contribution in [-0.4, -0.2) is 17.8 Å². The Morgan fingerprint density at radius 1 is 1.26 bits per heavy atom. The predicted octanol–water partition coefficient (Wildman–Crippen LogP) is 3.61. The first kappa shape index (κ1) is 12.7. The zero-order chi connectivity index (χ0) is 13.1. The van der Waals surface area contributed by atoms with Crippen LogP contribution in [-0.2, 0) is 6.42 Å². The molecule has 1 N–H and O–H groups in total. The maximum atomic E-state index is 10.3. The summed E-state index contributed by atoms with van der Waals surface area (Å²) in [5.74, 6) is 1.40. The Balaban J connectivity index is 1.67.